The smallest absolute Gasteiger partial charge is 0.222 e. The molecule has 1 aliphatic rings. The molecule has 0 bridgehead atoms. The fourth-order valence-corrected chi connectivity index (χ4v) is 4.20. The van der Waals surface area contributed by atoms with Crippen LogP contribution >= 0.6 is 11.8 Å². The molecule has 0 radical (unpaired) electrons. The van der Waals surface area contributed by atoms with Crippen molar-refractivity contribution in [2.45, 2.75) is 38.6 Å². The van der Waals surface area contributed by atoms with Gasteiger partial charge in [0.2, 0.25) is 5.91 Å². The zero-order chi connectivity index (χ0) is 19.2. The lowest BCUT2D eigenvalue weighted by molar-refractivity contribution is -0.121. The number of allylic oxidation sites excluding steroid dienone is 1. The number of nitrogens with one attached hydrogen (secondary N) is 2. The van der Waals surface area contributed by atoms with Crippen LogP contribution in [-0.2, 0) is 11.2 Å². The third kappa shape index (κ3) is 5.07. The number of carbonyl (C=O) groups is 1. The summed E-state index contributed by atoms with van der Waals surface area (Å²) in [5.74, 6) is 0.948. The molecule has 1 heterocycles. The third-order valence-electron chi connectivity index (χ3n) is 4.68. The van der Waals surface area contributed by atoms with Gasteiger partial charge in [-0.3, -0.25) is 4.79 Å². The van der Waals surface area contributed by atoms with Crippen molar-refractivity contribution in [2.75, 3.05) is 7.11 Å². The van der Waals surface area contributed by atoms with Gasteiger partial charge in [0.1, 0.15) is 5.75 Å². The first-order valence-electron chi connectivity index (χ1n) is 9.19. The van der Waals surface area contributed by atoms with Crippen molar-refractivity contribution in [3.63, 3.8) is 0 Å². The van der Waals surface area contributed by atoms with Gasteiger partial charge >= 0.3 is 0 Å². The lowest BCUT2D eigenvalue weighted by Gasteiger charge is -2.15. The highest BCUT2D eigenvalue weighted by atomic mass is 32.2. The topological polar surface area (TPSA) is 50.4 Å². The molecular formula is C22H26N2O2S. The summed E-state index contributed by atoms with van der Waals surface area (Å²) in [6.07, 6.45) is 2.24. The van der Waals surface area contributed by atoms with Crippen molar-refractivity contribution in [1.82, 2.24) is 10.6 Å². The molecule has 1 atom stereocenters. The zero-order valence-corrected chi connectivity index (χ0v) is 16.9. The van der Waals surface area contributed by atoms with E-state index in [1.165, 1.54) is 16.0 Å². The second-order valence-electron chi connectivity index (χ2n) is 6.65. The van der Waals surface area contributed by atoms with Crippen LogP contribution in [0.3, 0.4) is 0 Å². The summed E-state index contributed by atoms with van der Waals surface area (Å²) < 4.78 is 5.24. The van der Waals surface area contributed by atoms with E-state index in [-0.39, 0.29) is 11.4 Å². The predicted octanol–water partition coefficient (Wildman–Crippen LogP) is 4.45. The monoisotopic (exact) mass is 382 g/mol. The zero-order valence-electron chi connectivity index (χ0n) is 16.0. The van der Waals surface area contributed by atoms with Crippen LogP contribution in [0.5, 0.6) is 5.75 Å². The minimum Gasteiger partial charge on any atom is -0.497 e. The number of carbonyl (C=O) groups excluding carboxylic acids is 1. The van der Waals surface area contributed by atoms with E-state index in [4.69, 9.17) is 4.74 Å². The number of hydrogen-bond acceptors (Lipinski definition) is 4. The lowest BCUT2D eigenvalue weighted by Crippen LogP contribution is -2.39. The molecule has 1 aliphatic heterocycles. The van der Waals surface area contributed by atoms with Gasteiger partial charge in [-0.1, -0.05) is 48.2 Å². The quantitative estimate of drug-likeness (QED) is 0.743. The van der Waals surface area contributed by atoms with Crippen LogP contribution in [0.1, 0.15) is 36.5 Å². The van der Waals surface area contributed by atoms with Gasteiger partial charge in [0, 0.05) is 11.3 Å². The van der Waals surface area contributed by atoms with Gasteiger partial charge in [0.05, 0.1) is 12.8 Å². The molecule has 5 heteroatoms. The van der Waals surface area contributed by atoms with Crippen molar-refractivity contribution in [1.29, 1.82) is 0 Å². The van der Waals surface area contributed by atoms with Crippen molar-refractivity contribution < 1.29 is 9.53 Å². The first-order chi connectivity index (χ1) is 13.1. The summed E-state index contributed by atoms with van der Waals surface area (Å²) in [7, 11) is 1.67. The summed E-state index contributed by atoms with van der Waals surface area (Å²) in [4.78, 5) is 13.5. The molecule has 2 aromatic carbocycles. The van der Waals surface area contributed by atoms with E-state index < -0.39 is 0 Å². The molecule has 2 N–H and O–H groups in total. The molecule has 4 nitrogen and oxygen atoms in total. The number of hydrogen-bond donors (Lipinski definition) is 2. The van der Waals surface area contributed by atoms with Crippen LogP contribution < -0.4 is 15.4 Å². The van der Waals surface area contributed by atoms with Gasteiger partial charge in [-0.25, -0.2) is 0 Å². The third-order valence-corrected chi connectivity index (χ3v) is 5.71. The Balaban J connectivity index is 1.45. The van der Waals surface area contributed by atoms with E-state index in [1.807, 2.05) is 30.3 Å². The van der Waals surface area contributed by atoms with Crippen LogP contribution in [0.2, 0.25) is 0 Å². The molecule has 0 saturated carbocycles. The van der Waals surface area contributed by atoms with Crippen LogP contribution in [0.15, 0.2) is 53.4 Å². The lowest BCUT2D eigenvalue weighted by atomic mass is 10.0. The van der Waals surface area contributed by atoms with E-state index in [1.54, 1.807) is 18.9 Å². The van der Waals surface area contributed by atoms with E-state index in [2.05, 4.69) is 42.7 Å². The maximum absolute atomic E-state index is 12.3. The fourth-order valence-electron chi connectivity index (χ4n) is 3.19. The average Bonchev–Trinajstić information content (AvgIpc) is 3.03. The second-order valence-corrected chi connectivity index (χ2v) is 7.97. The van der Waals surface area contributed by atoms with Crippen molar-refractivity contribution in [2.24, 2.45) is 0 Å². The Labute approximate surface area is 165 Å². The Morgan fingerprint density at radius 2 is 1.96 bits per heavy atom. The molecule has 0 aromatic heterocycles. The van der Waals surface area contributed by atoms with E-state index in [0.717, 1.165) is 29.9 Å². The van der Waals surface area contributed by atoms with Gasteiger partial charge in [-0.15, -0.1) is 0 Å². The molecule has 1 amide bonds. The highest BCUT2D eigenvalue weighted by molar-refractivity contribution is 8.04. The largest absolute Gasteiger partial charge is 0.497 e. The van der Waals surface area contributed by atoms with Gasteiger partial charge in [-0.05, 0) is 55.5 Å². The highest BCUT2D eigenvalue weighted by Crippen LogP contribution is 2.33. The summed E-state index contributed by atoms with van der Waals surface area (Å²) in [5.41, 5.74) is 4.61. The molecular weight excluding hydrogens is 356 g/mol. The molecule has 0 fully saturated rings. The number of aryl methyl sites for hydroxylation is 2. The maximum Gasteiger partial charge on any atom is 0.222 e. The van der Waals surface area contributed by atoms with Crippen molar-refractivity contribution in [3.05, 3.63) is 70.1 Å². The van der Waals surface area contributed by atoms with E-state index >= 15 is 0 Å². The first-order valence-corrected chi connectivity index (χ1v) is 10.1. The normalized spacial score (nSPS) is 16.2. The molecule has 0 aliphatic carbocycles. The molecule has 0 saturated heterocycles. The highest BCUT2D eigenvalue weighted by Gasteiger charge is 2.23. The summed E-state index contributed by atoms with van der Waals surface area (Å²) >= 11 is 1.66. The minimum atomic E-state index is -0.101. The standard InChI is InChI=1S/C22H26N2O2S/c1-15-14-19(26-3)13-12-17(15)10-7-11-20(25)23-22-24-21(16(2)27-22)18-8-5-4-6-9-18/h4-6,8-9,12-14,22,24H,7,10-11H2,1-3H3,(H,23,25)/t22-/m0/s1. The van der Waals surface area contributed by atoms with Crippen LogP contribution in [0.4, 0.5) is 0 Å². The molecule has 142 valence electrons. The Morgan fingerprint density at radius 3 is 2.67 bits per heavy atom. The maximum atomic E-state index is 12.3. The number of methoxy groups -OCH3 is 1. The van der Waals surface area contributed by atoms with Gasteiger partial charge < -0.3 is 15.4 Å². The summed E-state index contributed by atoms with van der Waals surface area (Å²) in [6.45, 7) is 4.16. The van der Waals surface area contributed by atoms with Crippen LogP contribution in [0.25, 0.3) is 5.70 Å². The van der Waals surface area contributed by atoms with Gasteiger partial charge in [0.25, 0.3) is 0 Å². The molecule has 27 heavy (non-hydrogen) atoms. The molecule has 2 aromatic rings. The Kier molecular flexibility index (Phi) is 6.45. The fraction of sp³-hybridized carbons (Fsp3) is 0.318. The van der Waals surface area contributed by atoms with E-state index in [9.17, 15) is 4.79 Å². The van der Waals surface area contributed by atoms with Gasteiger partial charge in [-0.2, -0.15) is 0 Å². The van der Waals surface area contributed by atoms with Crippen molar-refractivity contribution in [3.8, 4) is 5.75 Å². The van der Waals surface area contributed by atoms with Gasteiger partial charge in [0.15, 0.2) is 5.50 Å². The van der Waals surface area contributed by atoms with Crippen molar-refractivity contribution >= 4 is 23.4 Å². The molecule has 0 unspecified atom stereocenters. The molecule has 0 spiro atoms. The van der Waals surface area contributed by atoms with Crippen LogP contribution in [-0.4, -0.2) is 18.5 Å². The summed E-state index contributed by atoms with van der Waals surface area (Å²) in [5, 5.41) is 6.49. The number of ether oxygens (including phenoxy) is 1. The Bertz CT molecular complexity index is 833. The SMILES string of the molecule is COc1ccc(CCCC(=O)N[C@H]2NC(c3ccccc3)=C(C)S2)c(C)c1. The van der Waals surface area contributed by atoms with Crippen LogP contribution in [0, 0.1) is 6.92 Å². The predicted molar refractivity (Wildman–Crippen MR) is 112 cm³/mol. The molecule has 3 rings (SSSR count). The first kappa shape index (κ1) is 19.4. The van der Waals surface area contributed by atoms with E-state index in [0.29, 0.717) is 6.42 Å². The average molecular weight is 383 g/mol. The number of rotatable bonds is 7. The number of thioether (sulfide) groups is 1. The Hall–Kier alpha value is -2.40. The second kappa shape index (κ2) is 9.00. The number of benzene rings is 2. The Morgan fingerprint density at radius 1 is 1.19 bits per heavy atom. The minimum absolute atomic E-state index is 0.0771. The number of amides is 1. The summed E-state index contributed by atoms with van der Waals surface area (Å²) in [6, 6.07) is 16.3.